The van der Waals surface area contributed by atoms with Gasteiger partial charge in [0.05, 0.1) is 0 Å². The molecule has 0 spiro atoms. The molecule has 0 saturated carbocycles. The molecule has 0 aliphatic rings. The summed E-state index contributed by atoms with van der Waals surface area (Å²) in [5.74, 6) is -0.546. The fraction of sp³-hybridized carbons (Fsp3) is 0.125. The minimum absolute atomic E-state index is 0. The molecule has 0 atom stereocenters. The molecular weight excluding hydrogens is 399 g/mol. The van der Waals surface area contributed by atoms with Gasteiger partial charge in [0.1, 0.15) is 15.9 Å². The number of esters is 1. The Kier molecular flexibility index (Phi) is 28.0. The summed E-state index contributed by atoms with van der Waals surface area (Å²) < 4.78 is 4.98. The van der Waals surface area contributed by atoms with Crippen LogP contribution in [0.2, 0.25) is 0 Å². The summed E-state index contributed by atoms with van der Waals surface area (Å²) in [6.07, 6.45) is 0. The topological polar surface area (TPSA) is 116 Å². The predicted molar refractivity (Wildman–Crippen MR) is 58.2 cm³/mol. The van der Waals surface area contributed by atoms with Crippen molar-refractivity contribution in [2.45, 2.75) is 0 Å². The number of phenolic OH excluding ortho intramolecular Hbond substituents is 1. The van der Waals surface area contributed by atoms with E-state index in [-0.39, 0.29) is 105 Å². The maximum absolute atomic E-state index is 11.1. The van der Waals surface area contributed by atoms with Crippen LogP contribution < -0.4 is 104 Å². The monoisotopic (exact) mass is 406 g/mol. The van der Waals surface area contributed by atoms with E-state index in [0.717, 1.165) is 0 Å². The molecule has 0 heterocycles. The maximum atomic E-state index is 11.1. The van der Waals surface area contributed by atoms with Crippen molar-refractivity contribution in [2.75, 3.05) is 4.61 Å². The van der Waals surface area contributed by atoms with Gasteiger partial charge in [-0.1, -0.05) is 12.1 Å². The minimum atomic E-state index is -2.92. The van der Waals surface area contributed by atoms with Gasteiger partial charge in [0.15, 0.2) is 0 Å². The third-order valence-corrected chi connectivity index (χ3v) is 1.62. The number of rotatable bonds is 2. The number of ether oxygens (including phenoxy) is 1. The second-order valence-electron chi connectivity index (χ2n) is 2.35. The Morgan fingerprint density at radius 2 is 1.63 bits per heavy atom. The summed E-state index contributed by atoms with van der Waals surface area (Å²) in [4.78, 5) is 11.1. The van der Waals surface area contributed by atoms with Crippen LogP contribution >= 0.6 is 22.6 Å². The van der Waals surface area contributed by atoms with Crippen molar-refractivity contribution in [3.05, 3.63) is 29.8 Å². The van der Waals surface area contributed by atoms with Crippen LogP contribution in [0.5, 0.6) is 5.75 Å². The van der Waals surface area contributed by atoms with Crippen molar-refractivity contribution in [2.24, 2.45) is 0 Å². The Balaban J connectivity index is -0.000000144. The van der Waals surface area contributed by atoms with Gasteiger partial charge in [-0.3, -0.25) is 7.32 Å². The van der Waals surface area contributed by atoms with Crippen LogP contribution in [0.1, 0.15) is 10.4 Å². The van der Waals surface area contributed by atoms with Gasteiger partial charge in [-0.2, -0.15) is 0 Å². The van der Waals surface area contributed by atoms with Crippen LogP contribution in [0.25, 0.3) is 0 Å². The van der Waals surface area contributed by atoms with E-state index in [1.54, 1.807) is 12.1 Å². The number of hydrogen-bond acceptors (Lipinski definition) is 6. The van der Waals surface area contributed by atoms with Crippen molar-refractivity contribution in [3.63, 3.8) is 0 Å². The average molecular weight is 406 g/mol. The van der Waals surface area contributed by atoms with E-state index >= 15 is 0 Å². The van der Waals surface area contributed by atoms with E-state index in [1.165, 1.54) is 12.1 Å². The molecule has 0 unspecified atom stereocenters. The third kappa shape index (κ3) is 16.4. The Morgan fingerprint density at radius 1 is 1.21 bits per heavy atom. The number of phenols is 1. The number of alkyl halides is 1. The maximum Gasteiger partial charge on any atom is 1.00 e. The first kappa shape index (κ1) is 29.2. The van der Waals surface area contributed by atoms with E-state index in [0.29, 0.717) is 0 Å². The molecule has 19 heavy (non-hydrogen) atoms. The fourth-order valence-electron chi connectivity index (χ4n) is 0.774. The van der Waals surface area contributed by atoms with Crippen molar-refractivity contribution in [1.82, 2.24) is 0 Å². The zero-order valence-corrected chi connectivity index (χ0v) is 19.1. The van der Waals surface area contributed by atoms with Crippen LogP contribution in [0.4, 0.5) is 0 Å². The molecule has 1 rings (SSSR count). The van der Waals surface area contributed by atoms with Crippen LogP contribution in [0.15, 0.2) is 24.3 Å². The normalized spacial score (nSPS) is 7.37. The Morgan fingerprint density at radius 3 is 2.00 bits per heavy atom. The number of halogens is 1. The van der Waals surface area contributed by atoms with Crippen molar-refractivity contribution in [1.29, 1.82) is 0 Å². The van der Waals surface area contributed by atoms with E-state index < -0.39 is 13.3 Å². The number of aromatic hydroxyl groups is 1. The number of carbonyl (C=O) groups excluding carboxylic acids is 1. The molecule has 0 amide bonds. The number of benzene rings is 1. The van der Waals surface area contributed by atoms with Gasteiger partial charge in [0.2, 0.25) is 0 Å². The molecule has 1 aromatic carbocycles. The molecule has 0 aromatic heterocycles. The van der Waals surface area contributed by atoms with Gasteiger partial charge in [-0.15, -0.1) is 0 Å². The van der Waals surface area contributed by atoms with Crippen LogP contribution in [-0.2, 0) is 4.74 Å². The van der Waals surface area contributed by atoms with Crippen LogP contribution in [0, 0.1) is 0 Å². The smallest absolute Gasteiger partial charge is 0.907 e. The largest absolute Gasteiger partial charge is 1.00 e. The molecule has 0 aliphatic carbocycles. The van der Waals surface area contributed by atoms with Crippen LogP contribution in [0.3, 0.4) is 0 Å². The first-order valence-corrected chi connectivity index (χ1v) is 5.50. The number of para-hydroxylation sites is 1. The van der Waals surface area contributed by atoms with Crippen molar-refractivity contribution in [3.8, 4) is 5.75 Å². The second-order valence-corrected chi connectivity index (χ2v) is 2.97. The van der Waals surface area contributed by atoms with Gasteiger partial charge in [0.25, 0.3) is 0 Å². The molecule has 6 nitrogen and oxygen atoms in total. The van der Waals surface area contributed by atoms with Gasteiger partial charge in [-0.25, -0.2) is 4.79 Å². The van der Waals surface area contributed by atoms with Crippen molar-refractivity contribution >= 4 is 35.9 Å². The molecule has 1 N–H and O–H groups in total. The molecule has 11 heteroatoms. The molecule has 0 aliphatic heterocycles. The van der Waals surface area contributed by atoms with Gasteiger partial charge in [0, 0.05) is 0 Å². The zero-order valence-electron chi connectivity index (χ0n) is 11.0. The van der Waals surface area contributed by atoms with Gasteiger partial charge < -0.3 is 24.9 Å². The number of hydrogen-bond donors (Lipinski definition) is 1. The van der Waals surface area contributed by atoms with E-state index in [9.17, 15) is 9.90 Å². The SMILES string of the molecule is O=C(OCI)c1ccccc1O.[Na+].[Na+].[Na+].[O-]B([O-])[O-]. The Labute approximate surface area is 191 Å². The Bertz CT molecular complexity index is 341. The quantitative estimate of drug-likeness (QED) is 0.226. The van der Waals surface area contributed by atoms with Crippen LogP contribution in [-0.4, -0.2) is 23.0 Å². The van der Waals surface area contributed by atoms with Gasteiger partial charge >= 0.3 is 94.6 Å². The average Bonchev–Trinajstić information content (AvgIpc) is 2.17. The summed E-state index contributed by atoms with van der Waals surface area (Å²) in [5.41, 5.74) is 0.203. The molecule has 1 aromatic rings. The van der Waals surface area contributed by atoms with E-state index in [4.69, 9.17) is 19.8 Å². The summed E-state index contributed by atoms with van der Waals surface area (Å²) in [7, 11) is -2.92. The zero-order chi connectivity index (χ0) is 12.6. The summed E-state index contributed by atoms with van der Waals surface area (Å²) in [5, 5.41) is 34.5. The molecule has 0 fully saturated rings. The second kappa shape index (κ2) is 18.2. The summed E-state index contributed by atoms with van der Waals surface area (Å²) >= 11 is 1.92. The van der Waals surface area contributed by atoms with E-state index in [2.05, 4.69) is 0 Å². The molecule has 0 bridgehead atoms. The van der Waals surface area contributed by atoms with E-state index in [1.807, 2.05) is 22.6 Å². The molecule has 0 saturated heterocycles. The first-order chi connectivity index (χ1) is 7.49. The summed E-state index contributed by atoms with van der Waals surface area (Å²) in [6, 6.07) is 6.29. The number of carbonyl (C=O) groups is 1. The predicted octanol–water partition coefficient (Wildman–Crippen LogP) is -11.0. The third-order valence-electron chi connectivity index (χ3n) is 1.31. The van der Waals surface area contributed by atoms with Gasteiger partial charge in [-0.05, 0) is 34.7 Å². The minimum Gasteiger partial charge on any atom is -0.907 e. The molecule has 0 radical (unpaired) electrons. The standard InChI is InChI=1S/C8H7IO3.BO3.3Na/c9-5-12-8(11)6-3-1-2-4-7(6)10;2-1(3)4;;;/h1-4,10H,5H2;;;;/q;-3;3*+1. The Hall–Kier alpha value is 2.16. The summed E-state index contributed by atoms with van der Waals surface area (Å²) in [6.45, 7) is 0. The molecule has 88 valence electrons. The van der Waals surface area contributed by atoms with Crippen molar-refractivity contribution < 1.29 is 118 Å². The first-order valence-electron chi connectivity index (χ1n) is 3.97. The molecular formula is C8H7BINa3O6. The fourth-order valence-corrected chi connectivity index (χ4v) is 1.06.